The molecule has 0 radical (unpaired) electrons. The van der Waals surface area contributed by atoms with Gasteiger partial charge in [0.05, 0.1) is 17.5 Å². The first-order valence-electron chi connectivity index (χ1n) is 5.58. The van der Waals surface area contributed by atoms with Crippen LogP contribution in [0.3, 0.4) is 0 Å². The summed E-state index contributed by atoms with van der Waals surface area (Å²) < 4.78 is 6.65. The van der Waals surface area contributed by atoms with Crippen LogP contribution in [-0.2, 0) is 4.74 Å². The third kappa shape index (κ3) is 2.68. The Morgan fingerprint density at radius 3 is 3.06 bits per heavy atom. The predicted octanol–water partition coefficient (Wildman–Crippen LogP) is 2.65. The average Bonchev–Trinajstić information content (AvgIpc) is 2.43. The highest BCUT2D eigenvalue weighted by Gasteiger charge is 2.16. The van der Waals surface area contributed by atoms with Gasteiger partial charge in [-0.2, -0.15) is 0 Å². The van der Waals surface area contributed by atoms with Gasteiger partial charge in [0.15, 0.2) is 0 Å². The molecule has 88 valence electrons. The molecule has 3 nitrogen and oxygen atoms in total. The number of nitrogens with two attached hydrogens (primary N) is 1. The van der Waals surface area contributed by atoms with Crippen molar-refractivity contribution in [1.82, 2.24) is 0 Å². The van der Waals surface area contributed by atoms with Crippen molar-refractivity contribution in [3.63, 3.8) is 0 Å². The van der Waals surface area contributed by atoms with Crippen molar-refractivity contribution >= 4 is 27.3 Å². The maximum absolute atomic E-state index is 6.04. The van der Waals surface area contributed by atoms with E-state index in [0.29, 0.717) is 0 Å². The van der Waals surface area contributed by atoms with Gasteiger partial charge in [0.1, 0.15) is 0 Å². The van der Waals surface area contributed by atoms with Crippen LogP contribution in [0.5, 0.6) is 0 Å². The molecule has 1 aromatic rings. The van der Waals surface area contributed by atoms with E-state index in [-0.39, 0.29) is 6.10 Å². The molecule has 0 saturated carbocycles. The van der Waals surface area contributed by atoms with Gasteiger partial charge < -0.3 is 15.4 Å². The maximum atomic E-state index is 6.04. The van der Waals surface area contributed by atoms with E-state index >= 15 is 0 Å². The second-order valence-electron chi connectivity index (χ2n) is 4.18. The van der Waals surface area contributed by atoms with Crippen LogP contribution in [-0.4, -0.2) is 25.8 Å². The largest absolute Gasteiger partial charge is 0.397 e. The van der Waals surface area contributed by atoms with Crippen molar-refractivity contribution in [2.24, 2.45) is 0 Å². The molecule has 2 N–H and O–H groups in total. The Labute approximate surface area is 105 Å². The molecule has 0 spiro atoms. The number of halogens is 1. The number of nitrogens with zero attached hydrogens (tertiary/aromatic N) is 1. The fourth-order valence-electron chi connectivity index (χ4n) is 2.03. The zero-order chi connectivity index (χ0) is 11.5. The minimum Gasteiger partial charge on any atom is -0.397 e. The molecular formula is C12H17BrN2O. The monoisotopic (exact) mass is 284 g/mol. The van der Waals surface area contributed by atoms with Crippen molar-refractivity contribution < 1.29 is 4.74 Å². The van der Waals surface area contributed by atoms with Gasteiger partial charge in [-0.15, -0.1) is 0 Å². The summed E-state index contributed by atoms with van der Waals surface area (Å²) in [6, 6.07) is 6.05. The Bertz CT molecular complexity index is 370. The molecule has 1 saturated heterocycles. The zero-order valence-electron chi connectivity index (χ0n) is 9.45. The Morgan fingerprint density at radius 1 is 1.50 bits per heavy atom. The number of benzene rings is 1. The van der Waals surface area contributed by atoms with E-state index in [2.05, 4.69) is 33.8 Å². The molecule has 1 atom stereocenters. The SMILES string of the molecule is CC1CN(c2ccc(Br)cc2N)CCCO1. The fraction of sp³-hybridized carbons (Fsp3) is 0.500. The van der Waals surface area contributed by atoms with Crippen LogP contribution in [0.15, 0.2) is 22.7 Å². The molecule has 0 aromatic heterocycles. The van der Waals surface area contributed by atoms with Crippen molar-refractivity contribution in [3.8, 4) is 0 Å². The van der Waals surface area contributed by atoms with E-state index in [1.807, 2.05) is 12.1 Å². The molecule has 1 aromatic carbocycles. The summed E-state index contributed by atoms with van der Waals surface area (Å²) in [6.45, 7) is 4.86. The first kappa shape index (κ1) is 11.7. The minimum absolute atomic E-state index is 0.269. The number of nitrogen functional groups attached to an aromatic ring is 1. The number of hydrogen-bond donors (Lipinski definition) is 1. The topological polar surface area (TPSA) is 38.5 Å². The van der Waals surface area contributed by atoms with Gasteiger partial charge in [0, 0.05) is 24.2 Å². The first-order chi connectivity index (χ1) is 7.66. The van der Waals surface area contributed by atoms with Gasteiger partial charge in [0.25, 0.3) is 0 Å². The smallest absolute Gasteiger partial charge is 0.0721 e. The molecule has 4 heteroatoms. The van der Waals surface area contributed by atoms with Gasteiger partial charge >= 0.3 is 0 Å². The third-order valence-corrected chi connectivity index (χ3v) is 3.28. The molecule has 1 aliphatic rings. The van der Waals surface area contributed by atoms with Crippen molar-refractivity contribution in [1.29, 1.82) is 0 Å². The normalized spacial score (nSPS) is 21.9. The van der Waals surface area contributed by atoms with Crippen LogP contribution in [0.4, 0.5) is 11.4 Å². The lowest BCUT2D eigenvalue weighted by Gasteiger charge is -2.25. The lowest BCUT2D eigenvalue weighted by molar-refractivity contribution is 0.0821. The molecule has 0 bridgehead atoms. The maximum Gasteiger partial charge on any atom is 0.0721 e. The van der Waals surface area contributed by atoms with Gasteiger partial charge in [-0.05, 0) is 31.5 Å². The zero-order valence-corrected chi connectivity index (χ0v) is 11.0. The molecule has 16 heavy (non-hydrogen) atoms. The van der Waals surface area contributed by atoms with Crippen LogP contribution in [0.1, 0.15) is 13.3 Å². The highest BCUT2D eigenvalue weighted by molar-refractivity contribution is 9.10. The molecule has 0 amide bonds. The number of anilines is 2. The fourth-order valence-corrected chi connectivity index (χ4v) is 2.41. The summed E-state index contributed by atoms with van der Waals surface area (Å²) in [7, 11) is 0. The molecular weight excluding hydrogens is 268 g/mol. The van der Waals surface area contributed by atoms with Gasteiger partial charge in [-0.25, -0.2) is 0 Å². The second kappa shape index (κ2) is 5.06. The molecule has 1 heterocycles. The van der Waals surface area contributed by atoms with E-state index in [4.69, 9.17) is 10.5 Å². The molecule has 1 aliphatic heterocycles. The first-order valence-corrected chi connectivity index (χ1v) is 6.37. The van der Waals surface area contributed by atoms with Crippen molar-refractivity contribution in [2.45, 2.75) is 19.4 Å². The van der Waals surface area contributed by atoms with E-state index < -0.39 is 0 Å². The molecule has 0 aliphatic carbocycles. The van der Waals surface area contributed by atoms with E-state index in [9.17, 15) is 0 Å². The van der Waals surface area contributed by atoms with Gasteiger partial charge in [-0.3, -0.25) is 0 Å². The summed E-state index contributed by atoms with van der Waals surface area (Å²) in [5.74, 6) is 0. The number of rotatable bonds is 1. The Morgan fingerprint density at radius 2 is 2.31 bits per heavy atom. The summed E-state index contributed by atoms with van der Waals surface area (Å²) in [6.07, 6.45) is 1.32. The Hall–Kier alpha value is -0.740. The van der Waals surface area contributed by atoms with Gasteiger partial charge in [0.2, 0.25) is 0 Å². The number of ether oxygens (including phenoxy) is 1. The van der Waals surface area contributed by atoms with Crippen LogP contribution >= 0.6 is 15.9 Å². The third-order valence-electron chi connectivity index (χ3n) is 2.78. The lowest BCUT2D eigenvalue weighted by atomic mass is 10.2. The standard InChI is InChI=1S/C12H17BrN2O/c1-9-8-15(5-2-6-16-9)12-4-3-10(13)7-11(12)14/h3-4,7,9H,2,5-6,8,14H2,1H3. The lowest BCUT2D eigenvalue weighted by Crippen LogP contribution is -2.30. The van der Waals surface area contributed by atoms with E-state index in [1.54, 1.807) is 0 Å². The Kier molecular flexibility index (Phi) is 3.71. The summed E-state index contributed by atoms with van der Waals surface area (Å²) >= 11 is 3.42. The molecule has 1 unspecified atom stereocenters. The average molecular weight is 285 g/mol. The van der Waals surface area contributed by atoms with Crippen LogP contribution in [0.25, 0.3) is 0 Å². The highest BCUT2D eigenvalue weighted by atomic mass is 79.9. The quantitative estimate of drug-likeness (QED) is 0.806. The highest BCUT2D eigenvalue weighted by Crippen LogP contribution is 2.27. The van der Waals surface area contributed by atoms with Crippen molar-refractivity contribution in [2.75, 3.05) is 30.3 Å². The van der Waals surface area contributed by atoms with E-state index in [1.165, 1.54) is 0 Å². The van der Waals surface area contributed by atoms with Gasteiger partial charge in [-0.1, -0.05) is 15.9 Å². The Balaban J connectivity index is 2.21. The second-order valence-corrected chi connectivity index (χ2v) is 5.10. The van der Waals surface area contributed by atoms with Crippen molar-refractivity contribution in [3.05, 3.63) is 22.7 Å². The summed E-state index contributed by atoms with van der Waals surface area (Å²) in [5, 5.41) is 0. The van der Waals surface area contributed by atoms with Crippen LogP contribution in [0.2, 0.25) is 0 Å². The molecule has 1 fully saturated rings. The number of hydrogen-bond acceptors (Lipinski definition) is 3. The van der Waals surface area contributed by atoms with E-state index in [0.717, 1.165) is 42.0 Å². The molecule has 2 rings (SSSR count). The van der Waals surface area contributed by atoms with Crippen LogP contribution < -0.4 is 10.6 Å². The van der Waals surface area contributed by atoms with Crippen LogP contribution in [0, 0.1) is 0 Å². The summed E-state index contributed by atoms with van der Waals surface area (Å²) in [4.78, 5) is 2.30. The summed E-state index contributed by atoms with van der Waals surface area (Å²) in [5.41, 5.74) is 7.97. The predicted molar refractivity (Wildman–Crippen MR) is 70.8 cm³/mol. The minimum atomic E-state index is 0.269.